The van der Waals surface area contributed by atoms with Crippen molar-refractivity contribution in [1.82, 2.24) is 20.4 Å². The minimum atomic E-state index is -0.321. The van der Waals surface area contributed by atoms with Crippen molar-refractivity contribution in [3.63, 3.8) is 0 Å². The number of nitrogens with zero attached hydrogens (tertiary/aromatic N) is 2. The minimum absolute atomic E-state index is 0.153. The highest BCUT2D eigenvalue weighted by Crippen LogP contribution is 2.28. The van der Waals surface area contributed by atoms with Crippen molar-refractivity contribution in [2.24, 2.45) is 0 Å². The molecule has 25 heavy (non-hydrogen) atoms. The van der Waals surface area contributed by atoms with Crippen molar-refractivity contribution in [3.8, 4) is 5.69 Å². The van der Waals surface area contributed by atoms with Crippen molar-refractivity contribution in [2.75, 3.05) is 13.1 Å². The lowest BCUT2D eigenvalue weighted by Gasteiger charge is -2.06. The van der Waals surface area contributed by atoms with Gasteiger partial charge in [0.1, 0.15) is 11.5 Å². The molecule has 0 unspecified atom stereocenters. The molecule has 0 atom stereocenters. The smallest absolute Gasteiger partial charge is 0.272 e. The van der Waals surface area contributed by atoms with E-state index < -0.39 is 0 Å². The number of halogens is 1. The number of benzene rings is 1. The fourth-order valence-electron chi connectivity index (χ4n) is 3.41. The molecule has 2 aliphatic rings. The minimum Gasteiger partial charge on any atom is -0.351 e. The molecule has 0 aliphatic heterocycles. The summed E-state index contributed by atoms with van der Waals surface area (Å²) in [5.74, 6) is -0.475. The summed E-state index contributed by atoms with van der Waals surface area (Å²) in [6.45, 7) is 1.55. The molecule has 1 aromatic heterocycles. The third kappa shape index (κ3) is 3.44. The molecule has 1 amide bonds. The van der Waals surface area contributed by atoms with E-state index in [1.54, 1.807) is 22.9 Å². The van der Waals surface area contributed by atoms with Gasteiger partial charge in [0.15, 0.2) is 5.69 Å². The van der Waals surface area contributed by atoms with E-state index in [1.807, 2.05) is 0 Å². The van der Waals surface area contributed by atoms with Crippen LogP contribution >= 0.6 is 0 Å². The number of carbonyl (C=O) groups is 1. The monoisotopic (exact) mass is 342 g/mol. The van der Waals surface area contributed by atoms with Crippen LogP contribution < -0.4 is 10.6 Å². The fraction of sp³-hybridized carbons (Fsp3) is 0.474. The maximum absolute atomic E-state index is 14.1. The molecule has 0 radical (unpaired) electrons. The van der Waals surface area contributed by atoms with Crippen molar-refractivity contribution in [1.29, 1.82) is 0 Å². The Hall–Kier alpha value is -2.21. The van der Waals surface area contributed by atoms with E-state index >= 15 is 0 Å². The van der Waals surface area contributed by atoms with E-state index in [4.69, 9.17) is 0 Å². The Kier molecular flexibility index (Phi) is 4.53. The van der Waals surface area contributed by atoms with Crippen LogP contribution in [0.2, 0.25) is 0 Å². The van der Waals surface area contributed by atoms with Crippen molar-refractivity contribution in [3.05, 3.63) is 47.0 Å². The second kappa shape index (κ2) is 6.96. The van der Waals surface area contributed by atoms with Crippen molar-refractivity contribution >= 4 is 5.91 Å². The van der Waals surface area contributed by atoms with Gasteiger partial charge in [-0.15, -0.1) is 0 Å². The summed E-state index contributed by atoms with van der Waals surface area (Å²) in [6, 6.07) is 7.26. The summed E-state index contributed by atoms with van der Waals surface area (Å²) in [7, 11) is 0. The van der Waals surface area contributed by atoms with Crippen LogP contribution in [0.5, 0.6) is 0 Å². The molecule has 1 saturated carbocycles. The summed E-state index contributed by atoms with van der Waals surface area (Å²) in [5, 5.41) is 10.8. The Bertz CT molecular complexity index is 782. The lowest BCUT2D eigenvalue weighted by molar-refractivity contribution is 0.0947. The Balaban J connectivity index is 1.47. The number of aromatic nitrogens is 2. The van der Waals surface area contributed by atoms with Crippen LogP contribution in [0.25, 0.3) is 5.69 Å². The molecule has 6 heteroatoms. The standard InChI is InChI=1S/C19H23FN4O/c20-15-6-1-2-7-17(15)24-16-8-3-5-14(16)18(23-24)19(25)22-12-4-11-21-13-9-10-13/h1-2,6-7,13,21H,3-5,8-12H2,(H,22,25). The highest BCUT2D eigenvalue weighted by molar-refractivity contribution is 5.94. The van der Waals surface area contributed by atoms with E-state index in [0.717, 1.165) is 43.5 Å². The second-order valence-electron chi connectivity index (χ2n) is 6.83. The summed E-state index contributed by atoms with van der Waals surface area (Å²) in [4.78, 5) is 12.5. The molecule has 1 aromatic carbocycles. The molecular formula is C19H23FN4O. The Labute approximate surface area is 146 Å². The maximum Gasteiger partial charge on any atom is 0.272 e. The van der Waals surface area contributed by atoms with Crippen LogP contribution in [0.3, 0.4) is 0 Å². The first-order valence-electron chi connectivity index (χ1n) is 9.11. The largest absolute Gasteiger partial charge is 0.351 e. The Morgan fingerprint density at radius 2 is 2.08 bits per heavy atom. The van der Waals surface area contributed by atoms with E-state index in [9.17, 15) is 9.18 Å². The zero-order valence-electron chi connectivity index (χ0n) is 14.2. The summed E-state index contributed by atoms with van der Waals surface area (Å²) in [5.41, 5.74) is 2.79. The molecule has 4 rings (SSSR count). The number of rotatable bonds is 7. The average molecular weight is 342 g/mol. The van der Waals surface area contributed by atoms with Gasteiger partial charge < -0.3 is 10.6 Å². The third-order valence-corrected chi connectivity index (χ3v) is 4.88. The normalized spacial score (nSPS) is 16.0. The van der Waals surface area contributed by atoms with Gasteiger partial charge in [-0.3, -0.25) is 4.79 Å². The molecule has 2 aliphatic carbocycles. The van der Waals surface area contributed by atoms with E-state index in [2.05, 4.69) is 15.7 Å². The van der Waals surface area contributed by atoms with Gasteiger partial charge in [0.2, 0.25) is 0 Å². The zero-order valence-corrected chi connectivity index (χ0v) is 14.2. The molecule has 1 heterocycles. The van der Waals surface area contributed by atoms with Crippen LogP contribution in [0.1, 0.15) is 47.4 Å². The van der Waals surface area contributed by atoms with Crippen molar-refractivity contribution in [2.45, 2.75) is 44.6 Å². The summed E-state index contributed by atoms with van der Waals surface area (Å²) < 4.78 is 15.8. The number of fused-ring (bicyclic) bond motifs is 1. The van der Waals surface area contributed by atoms with Crippen LogP contribution in [-0.4, -0.2) is 34.8 Å². The first-order valence-corrected chi connectivity index (χ1v) is 9.11. The zero-order chi connectivity index (χ0) is 17.2. The van der Waals surface area contributed by atoms with Crippen LogP contribution in [-0.2, 0) is 12.8 Å². The second-order valence-corrected chi connectivity index (χ2v) is 6.83. The number of hydrogen-bond donors (Lipinski definition) is 2. The topological polar surface area (TPSA) is 59.0 Å². The van der Waals surface area contributed by atoms with Gasteiger partial charge in [0.25, 0.3) is 5.91 Å². The van der Waals surface area contributed by atoms with Gasteiger partial charge in [0.05, 0.1) is 0 Å². The predicted molar refractivity (Wildman–Crippen MR) is 93.5 cm³/mol. The highest BCUT2D eigenvalue weighted by atomic mass is 19.1. The van der Waals surface area contributed by atoms with Gasteiger partial charge in [-0.25, -0.2) is 9.07 Å². The number of amides is 1. The van der Waals surface area contributed by atoms with Gasteiger partial charge in [-0.05, 0) is 57.2 Å². The molecule has 0 spiro atoms. The van der Waals surface area contributed by atoms with Crippen LogP contribution in [0, 0.1) is 5.82 Å². The third-order valence-electron chi connectivity index (χ3n) is 4.88. The first kappa shape index (κ1) is 16.3. The fourth-order valence-corrected chi connectivity index (χ4v) is 3.41. The van der Waals surface area contributed by atoms with Crippen molar-refractivity contribution < 1.29 is 9.18 Å². The predicted octanol–water partition coefficient (Wildman–Crippen LogP) is 2.37. The molecule has 2 N–H and O–H groups in total. The number of para-hydroxylation sites is 1. The molecule has 1 fully saturated rings. The quantitative estimate of drug-likeness (QED) is 0.760. The summed E-state index contributed by atoms with van der Waals surface area (Å²) in [6.07, 6.45) is 6.08. The molecule has 5 nitrogen and oxygen atoms in total. The van der Waals surface area contributed by atoms with Gasteiger partial charge >= 0.3 is 0 Å². The molecular weight excluding hydrogens is 319 g/mol. The van der Waals surface area contributed by atoms with Gasteiger partial charge in [0, 0.05) is 23.8 Å². The summed E-state index contributed by atoms with van der Waals surface area (Å²) >= 11 is 0. The van der Waals surface area contributed by atoms with Crippen LogP contribution in [0.15, 0.2) is 24.3 Å². The number of carbonyl (C=O) groups excluding carboxylic acids is 1. The first-order chi connectivity index (χ1) is 12.2. The Morgan fingerprint density at radius 3 is 2.88 bits per heavy atom. The van der Waals surface area contributed by atoms with E-state index in [-0.39, 0.29) is 11.7 Å². The lowest BCUT2D eigenvalue weighted by atomic mass is 10.2. The SMILES string of the molecule is O=C(NCCCNC1CC1)c1nn(-c2ccccc2F)c2c1CCC2. The molecule has 132 valence electrons. The van der Waals surface area contributed by atoms with Crippen LogP contribution in [0.4, 0.5) is 4.39 Å². The molecule has 0 bridgehead atoms. The number of nitrogens with one attached hydrogen (secondary N) is 2. The molecule has 2 aromatic rings. The number of hydrogen-bond acceptors (Lipinski definition) is 3. The lowest BCUT2D eigenvalue weighted by Crippen LogP contribution is -2.28. The van der Waals surface area contributed by atoms with E-state index in [1.165, 1.54) is 18.9 Å². The van der Waals surface area contributed by atoms with Gasteiger partial charge in [-0.1, -0.05) is 12.1 Å². The maximum atomic E-state index is 14.1. The highest BCUT2D eigenvalue weighted by Gasteiger charge is 2.27. The van der Waals surface area contributed by atoms with Gasteiger partial charge in [-0.2, -0.15) is 5.10 Å². The van der Waals surface area contributed by atoms with E-state index in [0.29, 0.717) is 24.0 Å². The average Bonchev–Trinajstić information content (AvgIpc) is 3.18. The Morgan fingerprint density at radius 1 is 1.24 bits per heavy atom. The molecule has 0 saturated heterocycles.